The molecule has 0 N–H and O–H groups in total. The Balaban J connectivity index is 1.35. The van der Waals surface area contributed by atoms with Gasteiger partial charge in [-0.15, -0.1) is 0 Å². The molecule has 3 heteroatoms. The molecule has 0 heterocycles. The van der Waals surface area contributed by atoms with Crippen LogP contribution in [0.2, 0.25) is 0 Å². The predicted octanol–water partition coefficient (Wildman–Crippen LogP) is 17.4. The summed E-state index contributed by atoms with van der Waals surface area (Å²) in [7, 11) is 0. The summed E-state index contributed by atoms with van der Waals surface area (Å²) in [5.41, 5.74) is 14.1. The van der Waals surface area contributed by atoms with Crippen LogP contribution >= 0.6 is 47.8 Å². The van der Waals surface area contributed by atoms with Crippen molar-refractivity contribution in [1.29, 1.82) is 0 Å². The number of hydrogen-bond donors (Lipinski definition) is 0. The molecule has 0 spiro atoms. The second-order valence-electron chi connectivity index (χ2n) is 14.4. The average Bonchev–Trinajstić information content (AvgIpc) is 3.26. The van der Waals surface area contributed by atoms with Crippen molar-refractivity contribution in [2.75, 3.05) is 0 Å². The van der Waals surface area contributed by atoms with Crippen molar-refractivity contribution in [3.63, 3.8) is 0 Å². The first-order valence-corrected chi connectivity index (χ1v) is 21.4. The zero-order valence-corrected chi connectivity index (χ0v) is 35.4. The van der Waals surface area contributed by atoms with Gasteiger partial charge in [0.2, 0.25) is 0 Å². The highest BCUT2D eigenvalue weighted by Gasteiger charge is 2.21. The van der Waals surface area contributed by atoms with Gasteiger partial charge in [-0.1, -0.05) is 212 Å². The quantitative estimate of drug-likeness (QED) is 0.156. The van der Waals surface area contributed by atoms with Gasteiger partial charge in [0.05, 0.1) is 0 Å². The Morgan fingerprint density at radius 2 is 0.491 bits per heavy atom. The van der Waals surface area contributed by atoms with Crippen molar-refractivity contribution in [3.05, 3.63) is 214 Å². The molecule has 10 rings (SSSR count). The van der Waals surface area contributed by atoms with Crippen molar-refractivity contribution in [3.8, 4) is 66.8 Å². The van der Waals surface area contributed by atoms with Gasteiger partial charge in [0.15, 0.2) is 0 Å². The van der Waals surface area contributed by atoms with Crippen molar-refractivity contribution in [2.24, 2.45) is 0 Å². The molecular weight excluding hydrogens is 888 g/mol. The van der Waals surface area contributed by atoms with Crippen LogP contribution in [-0.2, 0) is 0 Å². The highest BCUT2D eigenvalue weighted by atomic mass is 79.9. The number of halogens is 3. The van der Waals surface area contributed by atoms with Gasteiger partial charge in [-0.25, -0.2) is 0 Å². The maximum Gasteiger partial charge on any atom is 0.0254 e. The maximum atomic E-state index is 3.95. The molecule has 0 saturated heterocycles. The smallest absolute Gasteiger partial charge is 0.0254 e. The van der Waals surface area contributed by atoms with Crippen LogP contribution < -0.4 is 0 Å². The molecule has 0 fully saturated rings. The maximum absolute atomic E-state index is 3.95. The third kappa shape index (κ3) is 6.45. The molecule has 0 nitrogen and oxygen atoms in total. The molecule has 0 aromatic heterocycles. The predicted molar refractivity (Wildman–Crippen MR) is 255 cm³/mol. The summed E-state index contributed by atoms with van der Waals surface area (Å²) in [6, 6.07) is 72.9. The number of benzene rings is 10. The second kappa shape index (κ2) is 15.1. The number of rotatable bonds is 6. The van der Waals surface area contributed by atoms with E-state index in [0.717, 1.165) is 46.8 Å². The largest absolute Gasteiger partial charge is 0.0616 e. The molecule has 0 aliphatic carbocycles. The van der Waals surface area contributed by atoms with Gasteiger partial charge >= 0.3 is 0 Å². The van der Waals surface area contributed by atoms with E-state index in [1.165, 1.54) is 65.7 Å². The molecule has 0 unspecified atom stereocenters. The first kappa shape index (κ1) is 35.8. The Bertz CT molecular complexity index is 2820. The fourth-order valence-electron chi connectivity index (χ4n) is 8.49. The summed E-state index contributed by atoms with van der Waals surface area (Å²) < 4.78 is 3.20. The fourth-order valence-corrected chi connectivity index (χ4v) is 9.94. The average molecular weight is 922 g/mol. The zero-order chi connectivity index (χ0) is 38.5. The minimum absolute atomic E-state index is 1.07. The van der Waals surface area contributed by atoms with Crippen LogP contribution in [0.15, 0.2) is 214 Å². The molecule has 57 heavy (non-hydrogen) atoms. The molecule has 0 aliphatic heterocycles. The van der Waals surface area contributed by atoms with Crippen LogP contribution in [0.5, 0.6) is 0 Å². The Morgan fingerprint density at radius 1 is 0.228 bits per heavy atom. The molecule has 0 aliphatic rings. The van der Waals surface area contributed by atoms with Crippen molar-refractivity contribution in [2.45, 2.75) is 0 Å². The molecule has 0 saturated carbocycles. The van der Waals surface area contributed by atoms with Gasteiger partial charge in [0.25, 0.3) is 0 Å². The molecule has 0 bridgehead atoms. The van der Waals surface area contributed by atoms with Crippen molar-refractivity contribution in [1.82, 2.24) is 0 Å². The van der Waals surface area contributed by atoms with E-state index in [1.54, 1.807) is 0 Å². The minimum Gasteiger partial charge on any atom is -0.0616 e. The summed E-state index contributed by atoms with van der Waals surface area (Å²) >= 11 is 11.8. The van der Waals surface area contributed by atoms with E-state index in [2.05, 4.69) is 248 Å². The molecule has 270 valence electrons. The minimum atomic E-state index is 1.07. The Hall–Kier alpha value is -5.58. The van der Waals surface area contributed by atoms with Crippen LogP contribution in [0.4, 0.5) is 0 Å². The lowest BCUT2D eigenvalue weighted by molar-refractivity contribution is 1.55. The lowest BCUT2D eigenvalue weighted by Crippen LogP contribution is -1.94. The van der Waals surface area contributed by atoms with Gasteiger partial charge in [0.1, 0.15) is 0 Å². The van der Waals surface area contributed by atoms with Crippen LogP contribution in [0, 0.1) is 0 Å². The van der Waals surface area contributed by atoms with Crippen LogP contribution in [0.1, 0.15) is 0 Å². The highest BCUT2D eigenvalue weighted by Crippen LogP contribution is 2.48. The number of fused-ring (bicyclic) bond motifs is 3. The highest BCUT2D eigenvalue weighted by molar-refractivity contribution is 9.11. The Morgan fingerprint density at radius 3 is 0.789 bits per heavy atom. The molecule has 10 aromatic carbocycles. The van der Waals surface area contributed by atoms with E-state index in [0.29, 0.717) is 0 Å². The topological polar surface area (TPSA) is 0 Å². The first-order chi connectivity index (χ1) is 28.0. The van der Waals surface area contributed by atoms with Gasteiger partial charge in [-0.3, -0.25) is 0 Å². The van der Waals surface area contributed by atoms with Crippen LogP contribution in [0.3, 0.4) is 0 Å². The van der Waals surface area contributed by atoms with Gasteiger partial charge in [-0.05, 0) is 135 Å². The van der Waals surface area contributed by atoms with Gasteiger partial charge < -0.3 is 0 Å². The molecule has 10 aromatic rings. The number of hydrogen-bond acceptors (Lipinski definition) is 0. The second-order valence-corrected chi connectivity index (χ2v) is 16.9. The summed E-state index contributed by atoms with van der Waals surface area (Å²) in [5, 5.41) is 7.27. The van der Waals surface area contributed by atoms with E-state index < -0.39 is 0 Å². The van der Waals surface area contributed by atoms with E-state index in [4.69, 9.17) is 0 Å². The molecule has 0 atom stereocenters. The van der Waals surface area contributed by atoms with E-state index in [-0.39, 0.29) is 0 Å². The molecule has 0 amide bonds. The van der Waals surface area contributed by atoms with E-state index in [9.17, 15) is 0 Å². The summed E-state index contributed by atoms with van der Waals surface area (Å²) in [5.74, 6) is 0. The van der Waals surface area contributed by atoms with Crippen LogP contribution in [0.25, 0.3) is 99.1 Å². The van der Waals surface area contributed by atoms with Crippen LogP contribution in [-0.4, -0.2) is 0 Å². The normalized spacial score (nSPS) is 11.4. The summed E-state index contributed by atoms with van der Waals surface area (Å²) in [4.78, 5) is 0. The van der Waals surface area contributed by atoms with Crippen molar-refractivity contribution < 1.29 is 0 Å². The first-order valence-electron chi connectivity index (χ1n) is 19.0. The Labute approximate surface area is 357 Å². The third-order valence-electron chi connectivity index (χ3n) is 11.1. The lowest BCUT2D eigenvalue weighted by Gasteiger charge is -2.21. The molecule has 0 radical (unpaired) electrons. The van der Waals surface area contributed by atoms with E-state index >= 15 is 0 Å². The van der Waals surface area contributed by atoms with Gasteiger partial charge in [-0.2, -0.15) is 0 Å². The Kier molecular flexibility index (Phi) is 9.46. The van der Waals surface area contributed by atoms with Crippen molar-refractivity contribution >= 4 is 80.1 Å². The third-order valence-corrected chi connectivity index (χ3v) is 13.2. The van der Waals surface area contributed by atoms with E-state index in [1.807, 2.05) is 0 Å². The standard InChI is InChI=1S/C54H33Br3/c55-49-22-10-7-19-46(49)52-40-16-4-1-13-34(40)25-28-43(52)37-31-38(44-29-26-35-14-2-5-17-41(35)53(44)47-20-8-11-23-50(47)56)33-39(32-37)45-30-27-36-15-3-6-18-42(36)54(45)48-21-9-12-24-51(48)57/h1-33H. The zero-order valence-electron chi connectivity index (χ0n) is 30.7. The lowest BCUT2D eigenvalue weighted by atomic mass is 9.83. The summed E-state index contributed by atoms with van der Waals surface area (Å²) in [6.07, 6.45) is 0. The fraction of sp³-hybridized carbons (Fsp3) is 0. The SMILES string of the molecule is Brc1ccccc1-c1c(-c2cc(-c3ccc4ccccc4c3-c3ccccc3Br)cc(-c3ccc4ccccc4c3-c3ccccc3Br)c2)ccc2ccccc12. The monoisotopic (exact) mass is 918 g/mol. The molecular formula is C54H33Br3. The summed E-state index contributed by atoms with van der Waals surface area (Å²) in [6.45, 7) is 0. The van der Waals surface area contributed by atoms with Gasteiger partial charge in [0, 0.05) is 13.4 Å².